The zero-order chi connectivity index (χ0) is 17.6. The summed E-state index contributed by atoms with van der Waals surface area (Å²) in [5.41, 5.74) is 1.06. The average Bonchev–Trinajstić information content (AvgIpc) is 3.15. The highest BCUT2D eigenvalue weighted by atomic mass is 35.5. The summed E-state index contributed by atoms with van der Waals surface area (Å²) in [6.45, 7) is 1.61. The Kier molecular flexibility index (Phi) is 7.63. The molecule has 1 aliphatic rings. The molecule has 1 amide bonds. The van der Waals surface area contributed by atoms with Crippen molar-refractivity contribution in [2.75, 3.05) is 19.6 Å². The summed E-state index contributed by atoms with van der Waals surface area (Å²) in [6, 6.07) is 13.8. The minimum Gasteiger partial charge on any atom is -0.481 e. The van der Waals surface area contributed by atoms with E-state index in [-0.39, 0.29) is 30.3 Å². The number of carbonyl (C=O) groups excluding carboxylic acids is 1. The second-order valence-corrected chi connectivity index (χ2v) is 7.29. The molecule has 1 aromatic heterocycles. The summed E-state index contributed by atoms with van der Waals surface area (Å²) in [7, 11) is 0. The monoisotopic (exact) mass is 394 g/mol. The summed E-state index contributed by atoms with van der Waals surface area (Å²) >= 11 is 1.62. The summed E-state index contributed by atoms with van der Waals surface area (Å²) < 4.78 is 0. The van der Waals surface area contributed by atoms with Crippen molar-refractivity contribution in [2.45, 2.75) is 18.9 Å². The molecule has 0 radical (unpaired) electrons. The van der Waals surface area contributed by atoms with Gasteiger partial charge in [0.2, 0.25) is 5.91 Å². The molecule has 1 saturated heterocycles. The number of aliphatic carboxylic acids is 1. The van der Waals surface area contributed by atoms with Gasteiger partial charge in [-0.3, -0.25) is 14.5 Å². The van der Waals surface area contributed by atoms with E-state index in [1.54, 1.807) is 11.3 Å². The van der Waals surface area contributed by atoms with E-state index in [9.17, 15) is 9.59 Å². The van der Waals surface area contributed by atoms with E-state index in [2.05, 4.69) is 5.32 Å². The van der Waals surface area contributed by atoms with Crippen LogP contribution in [0.5, 0.6) is 0 Å². The molecule has 5 nitrogen and oxygen atoms in total. The van der Waals surface area contributed by atoms with E-state index in [4.69, 9.17) is 5.11 Å². The van der Waals surface area contributed by atoms with Crippen molar-refractivity contribution in [1.82, 2.24) is 10.2 Å². The van der Waals surface area contributed by atoms with Crippen LogP contribution in [0.1, 0.15) is 29.3 Å². The Bertz CT molecular complexity index is 701. The second kappa shape index (κ2) is 9.71. The number of hydrogen-bond acceptors (Lipinski definition) is 4. The Balaban J connectivity index is 0.00000243. The number of thiophene rings is 1. The van der Waals surface area contributed by atoms with E-state index in [1.807, 2.05) is 52.7 Å². The smallest absolute Gasteiger partial charge is 0.306 e. The number of carboxylic acid groups (broad SMARTS) is 1. The molecule has 0 spiro atoms. The summed E-state index contributed by atoms with van der Waals surface area (Å²) in [4.78, 5) is 26.7. The van der Waals surface area contributed by atoms with Gasteiger partial charge in [-0.05, 0) is 42.9 Å². The normalized spacial score (nSPS) is 16.5. The molecular formula is C19H23ClN2O3S. The number of carboxylic acids is 1. The van der Waals surface area contributed by atoms with Crippen LogP contribution in [0, 0.1) is 5.92 Å². The first kappa shape index (κ1) is 20.4. The van der Waals surface area contributed by atoms with Crippen molar-refractivity contribution in [3.8, 4) is 0 Å². The van der Waals surface area contributed by atoms with Crippen molar-refractivity contribution in [2.24, 2.45) is 5.92 Å². The Hall–Kier alpha value is -1.89. The maximum atomic E-state index is 12.5. The standard InChI is InChI=1S/C19H22N2O3S.ClH/c22-17(13-21-10-8-15(9-11-21)19(23)24)20-18(16-7-4-12-25-16)14-5-2-1-3-6-14;/h1-7,12,15,18H,8-11,13H2,(H,20,22)(H,23,24);1H. The number of halogens is 1. The fourth-order valence-corrected chi connectivity index (χ4v) is 3.97. The molecule has 140 valence electrons. The third kappa shape index (κ3) is 5.30. The maximum Gasteiger partial charge on any atom is 0.306 e. The lowest BCUT2D eigenvalue weighted by atomic mass is 9.97. The van der Waals surface area contributed by atoms with E-state index < -0.39 is 5.97 Å². The summed E-state index contributed by atoms with van der Waals surface area (Å²) in [5, 5.41) is 14.2. The highest BCUT2D eigenvalue weighted by molar-refractivity contribution is 7.10. The number of nitrogens with one attached hydrogen (secondary N) is 1. The molecule has 0 aliphatic carbocycles. The number of hydrogen-bond donors (Lipinski definition) is 2. The van der Waals surface area contributed by atoms with Gasteiger partial charge in [0.05, 0.1) is 18.5 Å². The lowest BCUT2D eigenvalue weighted by Gasteiger charge is -2.30. The molecule has 1 fully saturated rings. The van der Waals surface area contributed by atoms with Gasteiger partial charge in [0.1, 0.15) is 0 Å². The number of benzene rings is 1. The lowest BCUT2D eigenvalue weighted by Crippen LogP contribution is -2.43. The van der Waals surface area contributed by atoms with Gasteiger partial charge in [0, 0.05) is 4.88 Å². The van der Waals surface area contributed by atoms with Gasteiger partial charge < -0.3 is 10.4 Å². The van der Waals surface area contributed by atoms with Gasteiger partial charge in [-0.15, -0.1) is 23.7 Å². The number of likely N-dealkylation sites (tertiary alicyclic amines) is 1. The van der Waals surface area contributed by atoms with Crippen molar-refractivity contribution >= 4 is 35.6 Å². The van der Waals surface area contributed by atoms with Gasteiger partial charge in [-0.25, -0.2) is 0 Å². The topological polar surface area (TPSA) is 69.6 Å². The molecule has 7 heteroatoms. The van der Waals surface area contributed by atoms with Crippen LogP contribution in [0.15, 0.2) is 47.8 Å². The molecule has 2 aromatic rings. The Morgan fingerprint density at radius 1 is 1.15 bits per heavy atom. The van der Waals surface area contributed by atoms with Crippen molar-refractivity contribution < 1.29 is 14.7 Å². The predicted octanol–water partition coefficient (Wildman–Crippen LogP) is 3.17. The molecule has 1 aromatic carbocycles. The average molecular weight is 395 g/mol. The van der Waals surface area contributed by atoms with Crippen LogP contribution in [-0.2, 0) is 9.59 Å². The fraction of sp³-hybridized carbons (Fsp3) is 0.368. The van der Waals surface area contributed by atoms with Gasteiger partial charge in [0.25, 0.3) is 0 Å². The summed E-state index contributed by atoms with van der Waals surface area (Å²) in [6.07, 6.45) is 1.21. The molecule has 26 heavy (non-hydrogen) atoms. The molecule has 0 saturated carbocycles. The zero-order valence-electron chi connectivity index (χ0n) is 14.3. The lowest BCUT2D eigenvalue weighted by molar-refractivity contribution is -0.143. The Morgan fingerprint density at radius 2 is 1.85 bits per heavy atom. The molecule has 0 bridgehead atoms. The number of piperidine rings is 1. The van der Waals surface area contributed by atoms with E-state index in [0.717, 1.165) is 10.4 Å². The minimum atomic E-state index is -0.731. The minimum absolute atomic E-state index is 0. The van der Waals surface area contributed by atoms with Crippen LogP contribution in [0.4, 0.5) is 0 Å². The van der Waals surface area contributed by atoms with Gasteiger partial charge in [0.15, 0.2) is 0 Å². The molecule has 1 atom stereocenters. The quantitative estimate of drug-likeness (QED) is 0.789. The maximum absolute atomic E-state index is 12.5. The van der Waals surface area contributed by atoms with Gasteiger partial charge in [-0.1, -0.05) is 36.4 Å². The number of carbonyl (C=O) groups is 2. The first-order valence-electron chi connectivity index (χ1n) is 8.46. The van der Waals surface area contributed by atoms with Crippen molar-refractivity contribution in [3.63, 3.8) is 0 Å². The number of amides is 1. The van der Waals surface area contributed by atoms with Gasteiger partial charge >= 0.3 is 5.97 Å². The first-order chi connectivity index (χ1) is 12.1. The summed E-state index contributed by atoms with van der Waals surface area (Å²) in [5.74, 6) is -1.04. The van der Waals surface area contributed by atoms with Gasteiger partial charge in [-0.2, -0.15) is 0 Å². The second-order valence-electron chi connectivity index (χ2n) is 6.32. The van der Waals surface area contributed by atoms with E-state index >= 15 is 0 Å². The zero-order valence-corrected chi connectivity index (χ0v) is 16.0. The van der Waals surface area contributed by atoms with Crippen LogP contribution in [-0.4, -0.2) is 41.5 Å². The van der Waals surface area contributed by atoms with Crippen molar-refractivity contribution in [1.29, 1.82) is 0 Å². The van der Waals surface area contributed by atoms with Crippen LogP contribution < -0.4 is 5.32 Å². The molecular weight excluding hydrogens is 372 g/mol. The first-order valence-corrected chi connectivity index (χ1v) is 9.34. The van der Waals surface area contributed by atoms with Crippen LogP contribution in [0.2, 0.25) is 0 Å². The molecule has 2 N–H and O–H groups in total. The molecule has 1 aliphatic heterocycles. The molecule has 1 unspecified atom stereocenters. The van der Waals surface area contributed by atoms with Crippen LogP contribution in [0.25, 0.3) is 0 Å². The van der Waals surface area contributed by atoms with E-state index in [1.165, 1.54) is 0 Å². The SMILES string of the molecule is Cl.O=C(CN1CCC(C(=O)O)CC1)NC(c1ccccc1)c1cccs1. The Morgan fingerprint density at radius 3 is 2.42 bits per heavy atom. The highest BCUT2D eigenvalue weighted by Gasteiger charge is 2.26. The van der Waals surface area contributed by atoms with Crippen LogP contribution in [0.3, 0.4) is 0 Å². The van der Waals surface area contributed by atoms with Crippen LogP contribution >= 0.6 is 23.7 Å². The van der Waals surface area contributed by atoms with E-state index in [0.29, 0.717) is 32.5 Å². The largest absolute Gasteiger partial charge is 0.481 e. The number of nitrogens with zero attached hydrogens (tertiary/aromatic N) is 1. The Labute approximate surface area is 163 Å². The fourth-order valence-electron chi connectivity index (χ4n) is 3.17. The van der Waals surface area contributed by atoms with Crippen molar-refractivity contribution in [3.05, 3.63) is 58.3 Å². The third-order valence-electron chi connectivity index (χ3n) is 4.57. The number of rotatable bonds is 6. The highest BCUT2D eigenvalue weighted by Crippen LogP contribution is 2.26. The molecule has 3 rings (SSSR count). The predicted molar refractivity (Wildman–Crippen MR) is 105 cm³/mol. The third-order valence-corrected chi connectivity index (χ3v) is 5.51. The molecule has 2 heterocycles.